The van der Waals surface area contributed by atoms with Crippen molar-refractivity contribution in [1.82, 2.24) is 9.62 Å². The number of aliphatic hydroxyl groups excluding tert-OH is 1. The van der Waals surface area contributed by atoms with E-state index in [1.165, 1.54) is 28.6 Å². The van der Waals surface area contributed by atoms with Crippen LogP contribution in [0.4, 0.5) is 0 Å². The van der Waals surface area contributed by atoms with E-state index in [2.05, 4.69) is 5.32 Å². The van der Waals surface area contributed by atoms with Gasteiger partial charge in [-0.2, -0.15) is 4.31 Å². The first-order chi connectivity index (χ1) is 17.1. The number of β-amino-alcohol motifs (C(OH)–C–C–N with tert-alkyl or cyclic N) is 1. The molecule has 2 N–H and O–H groups in total. The summed E-state index contributed by atoms with van der Waals surface area (Å²) < 4.78 is 40.0. The molecule has 36 heavy (non-hydrogen) atoms. The molecule has 0 aromatic heterocycles. The lowest BCUT2D eigenvalue weighted by Crippen LogP contribution is -2.57. The first-order valence-electron chi connectivity index (χ1n) is 11.5. The van der Waals surface area contributed by atoms with Crippen LogP contribution in [0.2, 0.25) is 15.1 Å². The number of benzene rings is 2. The summed E-state index contributed by atoms with van der Waals surface area (Å²) in [6, 6.07) is 10.5. The SMILES string of the molecule is O=C(C[C@H]1CC[C@H]2[C@@H](COC[C@@H](O)CN2S(=O)(=O)c2ccc(Cl)cc2)O1)NCc1ccc(Cl)c(Cl)c1. The Kier molecular flexibility index (Phi) is 9.17. The summed E-state index contributed by atoms with van der Waals surface area (Å²) in [6.45, 7) is 0.261. The Morgan fingerprint density at radius 3 is 2.53 bits per heavy atom. The average Bonchev–Trinajstić information content (AvgIpc) is 2.83. The standard InChI is InChI=1S/C24H27Cl3N2O6S/c25-16-2-5-19(6-3-16)36(32,33)29-12-17(30)13-34-14-23-22(29)8-4-18(35-23)10-24(31)28-11-15-1-7-20(26)21(27)9-15/h1-3,5-7,9,17-18,22-23,30H,4,8,10-14H2,(H,28,31)/t17-,18+,22-,23+/m0/s1. The van der Waals surface area contributed by atoms with Crippen molar-refractivity contribution in [3.8, 4) is 0 Å². The number of nitrogens with zero attached hydrogens (tertiary/aromatic N) is 1. The third-order valence-corrected chi connectivity index (χ3v) is 9.14. The summed E-state index contributed by atoms with van der Waals surface area (Å²) in [7, 11) is -3.93. The maximum absolute atomic E-state index is 13.5. The Morgan fingerprint density at radius 2 is 1.81 bits per heavy atom. The first kappa shape index (κ1) is 27.6. The molecule has 2 aromatic rings. The van der Waals surface area contributed by atoms with Crippen LogP contribution in [-0.4, -0.2) is 67.8 Å². The van der Waals surface area contributed by atoms with E-state index in [-0.39, 0.29) is 37.0 Å². The van der Waals surface area contributed by atoms with E-state index in [4.69, 9.17) is 44.3 Å². The van der Waals surface area contributed by atoms with Crippen molar-refractivity contribution in [2.45, 2.75) is 55.1 Å². The number of hydrogen-bond acceptors (Lipinski definition) is 6. The molecule has 2 saturated heterocycles. The molecule has 8 nitrogen and oxygen atoms in total. The fourth-order valence-electron chi connectivity index (χ4n) is 4.44. The van der Waals surface area contributed by atoms with Crippen molar-refractivity contribution in [2.24, 2.45) is 0 Å². The lowest BCUT2D eigenvalue weighted by atomic mass is 9.96. The first-order valence-corrected chi connectivity index (χ1v) is 14.1. The van der Waals surface area contributed by atoms with Gasteiger partial charge in [0.1, 0.15) is 0 Å². The molecule has 1 amide bonds. The van der Waals surface area contributed by atoms with Crippen LogP contribution in [0.25, 0.3) is 0 Å². The normalized spacial score (nSPS) is 25.4. The van der Waals surface area contributed by atoms with Gasteiger partial charge in [0.25, 0.3) is 0 Å². The second-order valence-corrected chi connectivity index (χ2v) is 12.0. The molecule has 0 spiro atoms. The van der Waals surface area contributed by atoms with Gasteiger partial charge in [0, 0.05) is 18.1 Å². The number of carbonyl (C=O) groups excluding carboxylic acids is 1. The second kappa shape index (κ2) is 12.0. The van der Waals surface area contributed by atoms with Gasteiger partial charge in [-0.05, 0) is 54.8 Å². The second-order valence-electron chi connectivity index (χ2n) is 8.89. The van der Waals surface area contributed by atoms with Crippen molar-refractivity contribution < 1.29 is 27.8 Å². The average molecular weight is 578 g/mol. The van der Waals surface area contributed by atoms with Crippen LogP contribution in [0, 0.1) is 0 Å². The molecular formula is C24H27Cl3N2O6S. The third-order valence-electron chi connectivity index (χ3n) is 6.24. The van der Waals surface area contributed by atoms with Gasteiger partial charge in [-0.15, -0.1) is 0 Å². The Bertz CT molecular complexity index is 1180. The van der Waals surface area contributed by atoms with Gasteiger partial charge in [0.15, 0.2) is 0 Å². The topological polar surface area (TPSA) is 105 Å². The minimum atomic E-state index is -3.93. The van der Waals surface area contributed by atoms with E-state index < -0.39 is 34.4 Å². The monoisotopic (exact) mass is 576 g/mol. The largest absolute Gasteiger partial charge is 0.389 e. The number of fused-ring (bicyclic) bond motifs is 1. The van der Waals surface area contributed by atoms with Crippen LogP contribution in [0.3, 0.4) is 0 Å². The number of sulfonamides is 1. The zero-order chi connectivity index (χ0) is 25.9. The van der Waals surface area contributed by atoms with Crippen molar-refractivity contribution >= 4 is 50.7 Å². The Hall–Kier alpha value is -1.43. The Labute approximate surface area is 225 Å². The fraction of sp³-hybridized carbons (Fsp3) is 0.458. The lowest BCUT2D eigenvalue weighted by molar-refractivity contribution is -0.146. The molecule has 2 aliphatic rings. The molecule has 0 bridgehead atoms. The third kappa shape index (κ3) is 6.71. The number of carbonyl (C=O) groups is 1. The molecule has 196 valence electrons. The number of aliphatic hydroxyl groups is 1. The molecule has 0 aliphatic carbocycles. The Balaban J connectivity index is 1.42. The predicted octanol–water partition coefficient (Wildman–Crippen LogP) is 3.65. The maximum Gasteiger partial charge on any atom is 0.243 e. The summed E-state index contributed by atoms with van der Waals surface area (Å²) in [5.41, 5.74) is 0.817. The summed E-state index contributed by atoms with van der Waals surface area (Å²) >= 11 is 17.9. The number of rotatable bonds is 6. The number of nitrogens with one attached hydrogen (secondary N) is 1. The highest BCUT2D eigenvalue weighted by atomic mass is 35.5. The van der Waals surface area contributed by atoms with Gasteiger partial charge < -0.3 is 19.9 Å². The highest BCUT2D eigenvalue weighted by molar-refractivity contribution is 7.89. The molecule has 0 unspecified atom stereocenters. The van der Waals surface area contributed by atoms with Crippen LogP contribution in [0.5, 0.6) is 0 Å². The zero-order valence-corrected chi connectivity index (χ0v) is 22.4. The van der Waals surface area contributed by atoms with E-state index >= 15 is 0 Å². The van der Waals surface area contributed by atoms with Crippen molar-refractivity contribution in [3.63, 3.8) is 0 Å². The van der Waals surface area contributed by atoms with Crippen molar-refractivity contribution in [2.75, 3.05) is 19.8 Å². The van der Waals surface area contributed by atoms with Gasteiger partial charge in [-0.25, -0.2) is 8.42 Å². The molecule has 2 aliphatic heterocycles. The van der Waals surface area contributed by atoms with Gasteiger partial charge in [0.2, 0.25) is 15.9 Å². The fourth-order valence-corrected chi connectivity index (χ4v) is 6.61. The molecule has 0 saturated carbocycles. The molecule has 0 radical (unpaired) electrons. The molecule has 4 atom stereocenters. The molecule has 2 fully saturated rings. The van der Waals surface area contributed by atoms with Crippen LogP contribution in [-0.2, 0) is 30.8 Å². The summed E-state index contributed by atoms with van der Waals surface area (Å²) in [4.78, 5) is 12.7. The minimum Gasteiger partial charge on any atom is -0.389 e. The van der Waals surface area contributed by atoms with E-state index in [9.17, 15) is 18.3 Å². The van der Waals surface area contributed by atoms with Crippen LogP contribution >= 0.6 is 34.8 Å². The van der Waals surface area contributed by atoms with Gasteiger partial charge in [0.05, 0.1) is 58.9 Å². The van der Waals surface area contributed by atoms with E-state index in [1.54, 1.807) is 18.2 Å². The highest BCUT2D eigenvalue weighted by Crippen LogP contribution is 2.32. The maximum atomic E-state index is 13.5. The summed E-state index contributed by atoms with van der Waals surface area (Å²) in [5.74, 6) is -0.197. The highest BCUT2D eigenvalue weighted by Gasteiger charge is 2.43. The van der Waals surface area contributed by atoms with Gasteiger partial charge in [-0.1, -0.05) is 40.9 Å². The number of hydrogen-bond donors (Lipinski definition) is 2. The lowest BCUT2D eigenvalue weighted by Gasteiger charge is -2.43. The van der Waals surface area contributed by atoms with Crippen LogP contribution in [0.15, 0.2) is 47.4 Å². The minimum absolute atomic E-state index is 0.0198. The van der Waals surface area contributed by atoms with Crippen LogP contribution < -0.4 is 5.32 Å². The summed E-state index contributed by atoms with van der Waals surface area (Å²) in [6.07, 6.45) is -0.897. The van der Waals surface area contributed by atoms with Gasteiger partial charge in [-0.3, -0.25) is 4.79 Å². The Morgan fingerprint density at radius 1 is 1.06 bits per heavy atom. The molecule has 12 heteroatoms. The van der Waals surface area contributed by atoms with E-state index in [0.29, 0.717) is 34.5 Å². The van der Waals surface area contributed by atoms with Crippen LogP contribution in [0.1, 0.15) is 24.8 Å². The quantitative estimate of drug-likeness (QED) is 0.543. The number of ether oxygens (including phenoxy) is 2. The predicted molar refractivity (Wildman–Crippen MR) is 137 cm³/mol. The molecule has 4 rings (SSSR count). The smallest absolute Gasteiger partial charge is 0.243 e. The van der Waals surface area contributed by atoms with Crippen molar-refractivity contribution in [1.29, 1.82) is 0 Å². The summed E-state index contributed by atoms with van der Waals surface area (Å²) in [5, 5.41) is 14.5. The van der Waals surface area contributed by atoms with E-state index in [1.807, 2.05) is 0 Å². The number of amides is 1. The van der Waals surface area contributed by atoms with Gasteiger partial charge >= 0.3 is 0 Å². The zero-order valence-electron chi connectivity index (χ0n) is 19.3. The molecular weight excluding hydrogens is 551 g/mol. The van der Waals surface area contributed by atoms with E-state index in [0.717, 1.165) is 5.56 Å². The number of halogens is 3. The van der Waals surface area contributed by atoms with Crippen molar-refractivity contribution in [3.05, 3.63) is 63.1 Å². The molecule has 2 heterocycles. The molecule has 2 aromatic carbocycles.